The maximum Gasteiger partial charge on any atom is 0.274 e. The van der Waals surface area contributed by atoms with Crippen LogP contribution in [0.4, 0.5) is 11.4 Å². The Kier molecular flexibility index (Phi) is 7.00. The molecule has 3 aromatic carbocycles. The van der Waals surface area contributed by atoms with Crippen molar-refractivity contribution in [3.05, 3.63) is 99.1 Å². The van der Waals surface area contributed by atoms with E-state index in [2.05, 4.69) is 10.0 Å². The van der Waals surface area contributed by atoms with Crippen LogP contribution in [0.5, 0.6) is 0 Å². The number of carbonyl (C=O) groups excluding carboxylic acids is 2. The standard InChI is InChI=1S/C23H21N3O6S/c1-15-3-10-20(13-22(15)26(29)30)25-23(28)19-6-4-17(5-7-19)14-24-33(31,32)21-11-8-18(9-12-21)16(2)27/h3-13,24H,14H2,1-2H3,(H,25,28). The molecule has 10 heteroatoms. The molecule has 2 N–H and O–H groups in total. The fourth-order valence-electron chi connectivity index (χ4n) is 2.99. The van der Waals surface area contributed by atoms with Crippen molar-refractivity contribution in [2.45, 2.75) is 25.3 Å². The fraction of sp³-hybridized carbons (Fsp3) is 0.130. The van der Waals surface area contributed by atoms with Crippen molar-refractivity contribution < 1.29 is 22.9 Å². The van der Waals surface area contributed by atoms with Crippen LogP contribution in [0.2, 0.25) is 0 Å². The zero-order chi connectivity index (χ0) is 24.2. The van der Waals surface area contributed by atoms with Crippen LogP contribution in [-0.2, 0) is 16.6 Å². The molecule has 0 aromatic heterocycles. The third-order valence-electron chi connectivity index (χ3n) is 4.92. The second kappa shape index (κ2) is 9.72. The number of amides is 1. The number of sulfonamides is 1. The quantitative estimate of drug-likeness (QED) is 0.294. The highest BCUT2D eigenvalue weighted by molar-refractivity contribution is 7.89. The van der Waals surface area contributed by atoms with Gasteiger partial charge in [0, 0.05) is 35.0 Å². The molecule has 9 nitrogen and oxygen atoms in total. The molecule has 0 atom stereocenters. The number of nitrogens with zero attached hydrogens (tertiary/aromatic N) is 1. The van der Waals surface area contributed by atoms with Gasteiger partial charge in [0.15, 0.2) is 5.78 Å². The van der Waals surface area contributed by atoms with Crippen molar-refractivity contribution in [2.75, 3.05) is 5.32 Å². The molecule has 0 saturated carbocycles. The van der Waals surface area contributed by atoms with Crippen LogP contribution in [0.25, 0.3) is 0 Å². The number of nitro groups is 1. The van der Waals surface area contributed by atoms with Crippen LogP contribution in [0.1, 0.15) is 38.8 Å². The van der Waals surface area contributed by atoms with Gasteiger partial charge in [0.25, 0.3) is 11.6 Å². The highest BCUT2D eigenvalue weighted by Gasteiger charge is 2.15. The lowest BCUT2D eigenvalue weighted by molar-refractivity contribution is -0.385. The number of carbonyl (C=O) groups is 2. The van der Waals surface area contributed by atoms with Crippen molar-refractivity contribution in [3.63, 3.8) is 0 Å². The Labute approximate surface area is 190 Å². The first-order valence-electron chi connectivity index (χ1n) is 9.83. The maximum atomic E-state index is 12.5. The van der Waals surface area contributed by atoms with Gasteiger partial charge in [-0.05, 0) is 49.7 Å². The summed E-state index contributed by atoms with van der Waals surface area (Å²) in [6, 6.07) is 16.3. The van der Waals surface area contributed by atoms with E-state index in [0.717, 1.165) is 0 Å². The fourth-order valence-corrected chi connectivity index (χ4v) is 4.01. The number of nitro benzene ring substituents is 1. The van der Waals surface area contributed by atoms with Gasteiger partial charge in [0.1, 0.15) is 0 Å². The molecular formula is C23H21N3O6S. The van der Waals surface area contributed by atoms with Crippen LogP contribution in [0.3, 0.4) is 0 Å². The van der Waals surface area contributed by atoms with Crippen LogP contribution in [-0.4, -0.2) is 25.0 Å². The molecular weight excluding hydrogens is 446 g/mol. The number of anilines is 1. The minimum Gasteiger partial charge on any atom is -0.322 e. The van der Waals surface area contributed by atoms with E-state index in [0.29, 0.717) is 27.9 Å². The van der Waals surface area contributed by atoms with E-state index in [1.165, 1.54) is 49.4 Å². The first kappa shape index (κ1) is 23.8. The molecule has 0 heterocycles. The maximum absolute atomic E-state index is 12.5. The Bertz CT molecular complexity index is 1320. The molecule has 0 radical (unpaired) electrons. The van der Waals surface area contributed by atoms with Gasteiger partial charge in [0.2, 0.25) is 10.0 Å². The Balaban J connectivity index is 1.64. The molecule has 33 heavy (non-hydrogen) atoms. The lowest BCUT2D eigenvalue weighted by atomic mass is 10.1. The van der Waals surface area contributed by atoms with Crippen LogP contribution in [0.15, 0.2) is 71.6 Å². The molecule has 3 rings (SSSR count). The van der Waals surface area contributed by atoms with Gasteiger partial charge in [-0.25, -0.2) is 13.1 Å². The number of hydrogen-bond acceptors (Lipinski definition) is 6. The van der Waals surface area contributed by atoms with Gasteiger partial charge >= 0.3 is 0 Å². The van der Waals surface area contributed by atoms with E-state index in [9.17, 15) is 28.1 Å². The molecule has 0 spiro atoms. The first-order chi connectivity index (χ1) is 15.6. The van der Waals surface area contributed by atoms with Gasteiger partial charge in [-0.2, -0.15) is 0 Å². The second-order valence-corrected chi connectivity index (χ2v) is 9.08. The summed E-state index contributed by atoms with van der Waals surface area (Å²) in [5, 5.41) is 13.7. The number of nitrogens with one attached hydrogen (secondary N) is 2. The number of hydrogen-bond donors (Lipinski definition) is 2. The number of benzene rings is 3. The highest BCUT2D eigenvalue weighted by atomic mass is 32.2. The van der Waals surface area contributed by atoms with E-state index < -0.39 is 20.9 Å². The summed E-state index contributed by atoms with van der Waals surface area (Å²) in [6.45, 7) is 3.01. The van der Waals surface area contributed by atoms with Gasteiger partial charge in [-0.15, -0.1) is 0 Å². The summed E-state index contributed by atoms with van der Waals surface area (Å²) in [4.78, 5) is 34.4. The molecule has 0 aliphatic rings. The Morgan fingerprint density at radius 3 is 2.12 bits per heavy atom. The number of rotatable bonds is 8. The van der Waals surface area contributed by atoms with Crippen LogP contribution >= 0.6 is 0 Å². The summed E-state index contributed by atoms with van der Waals surface area (Å²) in [7, 11) is -3.78. The van der Waals surface area contributed by atoms with E-state index >= 15 is 0 Å². The zero-order valence-electron chi connectivity index (χ0n) is 17.9. The van der Waals surface area contributed by atoms with Crippen molar-refractivity contribution in [1.82, 2.24) is 4.72 Å². The number of ketones is 1. The Morgan fingerprint density at radius 1 is 0.939 bits per heavy atom. The van der Waals surface area contributed by atoms with E-state index in [4.69, 9.17) is 0 Å². The molecule has 0 unspecified atom stereocenters. The van der Waals surface area contributed by atoms with Crippen molar-refractivity contribution in [3.8, 4) is 0 Å². The van der Waals surface area contributed by atoms with Gasteiger partial charge in [-0.1, -0.05) is 30.3 Å². The van der Waals surface area contributed by atoms with E-state index in [-0.39, 0.29) is 22.9 Å². The van der Waals surface area contributed by atoms with Gasteiger partial charge < -0.3 is 5.32 Å². The molecule has 0 aliphatic heterocycles. The summed E-state index contributed by atoms with van der Waals surface area (Å²) in [6.07, 6.45) is 0. The SMILES string of the molecule is CC(=O)c1ccc(S(=O)(=O)NCc2ccc(C(=O)Nc3ccc(C)c([N+](=O)[O-])c3)cc2)cc1. The lowest BCUT2D eigenvalue weighted by Gasteiger charge is -2.09. The minimum absolute atomic E-state index is 0.00283. The third kappa shape index (κ3) is 5.88. The molecule has 0 fully saturated rings. The smallest absolute Gasteiger partial charge is 0.274 e. The van der Waals surface area contributed by atoms with Gasteiger partial charge in [0.05, 0.1) is 9.82 Å². The molecule has 0 bridgehead atoms. The van der Waals surface area contributed by atoms with Crippen LogP contribution < -0.4 is 10.0 Å². The second-order valence-electron chi connectivity index (χ2n) is 7.31. The molecule has 0 saturated heterocycles. The van der Waals surface area contributed by atoms with Crippen LogP contribution in [0, 0.1) is 17.0 Å². The molecule has 3 aromatic rings. The number of Topliss-reactive ketones (excluding diaryl/α,β-unsaturated/α-hetero) is 1. The molecule has 1 amide bonds. The van der Waals surface area contributed by atoms with Crippen molar-refractivity contribution in [2.24, 2.45) is 0 Å². The Hall–Kier alpha value is -3.89. The van der Waals surface area contributed by atoms with Crippen molar-refractivity contribution in [1.29, 1.82) is 0 Å². The highest BCUT2D eigenvalue weighted by Crippen LogP contribution is 2.23. The largest absolute Gasteiger partial charge is 0.322 e. The first-order valence-corrected chi connectivity index (χ1v) is 11.3. The van der Waals surface area contributed by atoms with E-state index in [1.807, 2.05) is 0 Å². The third-order valence-corrected chi connectivity index (χ3v) is 6.33. The normalized spacial score (nSPS) is 11.1. The summed E-state index contributed by atoms with van der Waals surface area (Å²) in [5.41, 5.74) is 2.05. The van der Waals surface area contributed by atoms with Crippen molar-refractivity contribution >= 4 is 33.1 Å². The topological polar surface area (TPSA) is 135 Å². The predicted octanol–water partition coefficient (Wildman–Crippen LogP) is 3.84. The average Bonchev–Trinajstić information content (AvgIpc) is 2.79. The molecule has 170 valence electrons. The number of aryl methyl sites for hydroxylation is 1. The Morgan fingerprint density at radius 2 is 1.55 bits per heavy atom. The predicted molar refractivity (Wildman–Crippen MR) is 123 cm³/mol. The zero-order valence-corrected chi connectivity index (χ0v) is 18.7. The monoisotopic (exact) mass is 467 g/mol. The van der Waals surface area contributed by atoms with Gasteiger partial charge in [-0.3, -0.25) is 19.7 Å². The lowest BCUT2D eigenvalue weighted by Crippen LogP contribution is -2.23. The minimum atomic E-state index is -3.78. The van der Waals surface area contributed by atoms with E-state index in [1.54, 1.807) is 31.2 Å². The summed E-state index contributed by atoms with van der Waals surface area (Å²) >= 11 is 0. The summed E-state index contributed by atoms with van der Waals surface area (Å²) < 4.78 is 27.4. The summed E-state index contributed by atoms with van der Waals surface area (Å²) in [5.74, 6) is -0.609. The average molecular weight is 468 g/mol. The molecule has 0 aliphatic carbocycles.